The maximum absolute atomic E-state index is 13.1. The number of amides is 1. The second kappa shape index (κ2) is 14.4. The average Bonchev–Trinajstić information content (AvgIpc) is 2.85. The van der Waals surface area contributed by atoms with Gasteiger partial charge < -0.3 is 29.4 Å². The minimum atomic E-state index is -0.949. The molecule has 37 heavy (non-hydrogen) atoms. The molecule has 204 valence electrons. The van der Waals surface area contributed by atoms with Crippen molar-refractivity contribution in [2.75, 3.05) is 13.7 Å². The van der Waals surface area contributed by atoms with Crippen molar-refractivity contribution in [1.29, 1.82) is 0 Å². The number of nitrogens with one attached hydrogen (secondary N) is 1. The van der Waals surface area contributed by atoms with Gasteiger partial charge in [-0.05, 0) is 63.3 Å². The number of aromatic hydroxyl groups is 1. The Bertz CT molecular complexity index is 1020. The Morgan fingerprint density at radius 1 is 1.08 bits per heavy atom. The molecule has 0 spiro atoms. The van der Waals surface area contributed by atoms with Crippen molar-refractivity contribution >= 4 is 11.9 Å². The number of rotatable bonds is 14. The molecule has 0 unspecified atom stereocenters. The van der Waals surface area contributed by atoms with Gasteiger partial charge in [-0.3, -0.25) is 4.79 Å². The van der Waals surface area contributed by atoms with Crippen LogP contribution in [0.15, 0.2) is 30.5 Å². The molecule has 0 bridgehead atoms. The quantitative estimate of drug-likeness (QED) is 0.353. The number of pyridine rings is 1. The Morgan fingerprint density at radius 2 is 1.76 bits per heavy atom. The summed E-state index contributed by atoms with van der Waals surface area (Å²) in [5.41, 5.74) is 1.94. The summed E-state index contributed by atoms with van der Waals surface area (Å²) in [6, 6.07) is 6.49. The third-order valence-corrected chi connectivity index (χ3v) is 5.85. The predicted molar refractivity (Wildman–Crippen MR) is 140 cm³/mol. The molecule has 0 fully saturated rings. The topological polar surface area (TPSA) is 116 Å². The third kappa shape index (κ3) is 8.35. The van der Waals surface area contributed by atoms with Gasteiger partial charge in [-0.25, -0.2) is 9.78 Å². The highest BCUT2D eigenvalue weighted by Crippen LogP contribution is 2.27. The van der Waals surface area contributed by atoms with Crippen molar-refractivity contribution < 1.29 is 33.6 Å². The molecule has 1 heterocycles. The molecule has 0 aliphatic rings. The molecule has 2 aromatic rings. The number of carbonyl (C=O) groups is 2. The third-order valence-electron chi connectivity index (χ3n) is 5.85. The molecule has 0 aliphatic heterocycles. The second-order valence-electron chi connectivity index (χ2n) is 9.01. The van der Waals surface area contributed by atoms with E-state index in [0.29, 0.717) is 13.0 Å². The lowest BCUT2D eigenvalue weighted by Gasteiger charge is -2.32. The first-order valence-electron chi connectivity index (χ1n) is 12.7. The van der Waals surface area contributed by atoms with Gasteiger partial charge in [0.15, 0.2) is 17.2 Å². The molecule has 0 saturated heterocycles. The second-order valence-corrected chi connectivity index (χ2v) is 9.01. The van der Waals surface area contributed by atoms with Gasteiger partial charge in [0, 0.05) is 18.9 Å². The van der Waals surface area contributed by atoms with Crippen LogP contribution in [0.3, 0.4) is 0 Å². The zero-order valence-electron chi connectivity index (χ0n) is 22.9. The van der Waals surface area contributed by atoms with Crippen LogP contribution in [-0.4, -0.2) is 60.0 Å². The molecule has 0 aliphatic carbocycles. The minimum absolute atomic E-state index is 0.106. The van der Waals surface area contributed by atoms with Crippen LogP contribution in [0.2, 0.25) is 0 Å². The molecule has 0 saturated carbocycles. The number of benzene rings is 1. The Morgan fingerprint density at radius 3 is 2.32 bits per heavy atom. The fourth-order valence-corrected chi connectivity index (χ4v) is 4.01. The highest BCUT2D eigenvalue weighted by atomic mass is 16.6. The number of carbonyl (C=O) groups excluding carboxylic acids is 2. The normalized spacial score (nSPS) is 14.2. The van der Waals surface area contributed by atoms with Crippen LogP contribution in [0.25, 0.3) is 0 Å². The average molecular weight is 517 g/mol. The van der Waals surface area contributed by atoms with Gasteiger partial charge in [0.2, 0.25) is 0 Å². The van der Waals surface area contributed by atoms with E-state index in [0.717, 1.165) is 23.3 Å². The van der Waals surface area contributed by atoms with Crippen molar-refractivity contribution in [3.63, 3.8) is 0 Å². The maximum Gasteiger partial charge on any atom is 0.328 e. The molecule has 0 radical (unpaired) electrons. The van der Waals surface area contributed by atoms with Gasteiger partial charge in [-0.1, -0.05) is 26.8 Å². The molecular formula is C28H40N2O7. The van der Waals surface area contributed by atoms with Crippen molar-refractivity contribution in [2.24, 2.45) is 0 Å². The van der Waals surface area contributed by atoms with Crippen molar-refractivity contribution in [3.05, 3.63) is 47.3 Å². The molecule has 2 rings (SSSR count). The summed E-state index contributed by atoms with van der Waals surface area (Å²) in [6.45, 7) is 12.0. The smallest absolute Gasteiger partial charge is 0.328 e. The van der Waals surface area contributed by atoms with Gasteiger partial charge in [0.05, 0.1) is 7.11 Å². The minimum Gasteiger partial charge on any atom is -0.503 e. The summed E-state index contributed by atoms with van der Waals surface area (Å²) in [6.07, 6.45) is 1.52. The number of methoxy groups -OCH3 is 1. The van der Waals surface area contributed by atoms with Crippen LogP contribution in [-0.2, 0) is 14.3 Å². The van der Waals surface area contributed by atoms with E-state index in [1.54, 1.807) is 13.8 Å². The molecule has 1 aromatic carbocycles. The molecule has 9 heteroatoms. The Labute approximate surface area is 219 Å². The van der Waals surface area contributed by atoms with E-state index >= 15 is 0 Å². The lowest BCUT2D eigenvalue weighted by atomic mass is 10.1. The lowest BCUT2D eigenvalue weighted by molar-refractivity contribution is -0.164. The fraction of sp³-hybridized carbons (Fsp3) is 0.536. The molecule has 1 aromatic heterocycles. The van der Waals surface area contributed by atoms with E-state index in [1.165, 1.54) is 19.4 Å². The fourth-order valence-electron chi connectivity index (χ4n) is 4.01. The number of ether oxygens (including phenoxy) is 4. The first-order chi connectivity index (χ1) is 17.6. The first-order valence-corrected chi connectivity index (χ1v) is 12.7. The van der Waals surface area contributed by atoms with E-state index in [2.05, 4.69) is 16.4 Å². The molecule has 9 nitrogen and oxygen atoms in total. The maximum atomic E-state index is 13.1. The number of hydrogen-bond donors (Lipinski definition) is 2. The van der Waals surface area contributed by atoms with Gasteiger partial charge >= 0.3 is 5.97 Å². The molecule has 2 N–H and O–H groups in total. The van der Waals surface area contributed by atoms with E-state index in [9.17, 15) is 14.7 Å². The summed E-state index contributed by atoms with van der Waals surface area (Å²) in [4.78, 5) is 29.7. The summed E-state index contributed by atoms with van der Waals surface area (Å²) >= 11 is 0. The van der Waals surface area contributed by atoms with Crippen LogP contribution in [0.4, 0.5) is 0 Å². The first kappa shape index (κ1) is 29.9. The van der Waals surface area contributed by atoms with Crippen LogP contribution < -0.4 is 14.8 Å². The van der Waals surface area contributed by atoms with Crippen LogP contribution >= 0.6 is 0 Å². The van der Waals surface area contributed by atoms with Crippen LogP contribution in [0.5, 0.6) is 17.2 Å². The molecular weight excluding hydrogens is 476 g/mol. The number of aromatic nitrogens is 1. The van der Waals surface area contributed by atoms with Gasteiger partial charge in [0.1, 0.15) is 30.1 Å². The van der Waals surface area contributed by atoms with Gasteiger partial charge in [0.25, 0.3) is 5.91 Å². The van der Waals surface area contributed by atoms with Crippen LogP contribution in [0.1, 0.15) is 68.6 Å². The van der Waals surface area contributed by atoms with E-state index in [4.69, 9.17) is 18.9 Å². The zero-order valence-corrected chi connectivity index (χ0v) is 22.9. The Balaban J connectivity index is 2.15. The molecule has 4 atom stereocenters. The Kier molecular flexibility index (Phi) is 11.7. The van der Waals surface area contributed by atoms with E-state index in [-0.39, 0.29) is 24.0 Å². The summed E-state index contributed by atoms with van der Waals surface area (Å²) in [5.74, 6) is -0.887. The number of nitrogens with zero attached hydrogens (tertiary/aromatic N) is 1. The summed E-state index contributed by atoms with van der Waals surface area (Å²) < 4.78 is 23.2. The summed E-state index contributed by atoms with van der Waals surface area (Å²) in [5, 5.41) is 12.8. The zero-order chi connectivity index (χ0) is 27.5. The highest BCUT2D eigenvalue weighted by Gasteiger charge is 2.33. The number of hydrogen-bond acceptors (Lipinski definition) is 8. The molecule has 1 amide bonds. The van der Waals surface area contributed by atoms with Gasteiger partial charge in [-0.2, -0.15) is 0 Å². The van der Waals surface area contributed by atoms with Crippen molar-refractivity contribution in [1.82, 2.24) is 10.3 Å². The largest absolute Gasteiger partial charge is 0.503 e. The van der Waals surface area contributed by atoms with E-state index < -0.39 is 35.9 Å². The standard InChI is InChI=1S/C28H40N2O7/c1-8-13-35-26(22(10-3)37-20-15-17(4)14-18(5)16-20)19(6)36-28(33)21(9-2)30-27(32)24-25(31)23(34-7)11-12-29-24/h11-12,14-16,19,21-22,26,31H,8-10,13H2,1-7H3,(H,30,32)/t19-,21-,22-,26-/m0/s1. The highest BCUT2D eigenvalue weighted by molar-refractivity contribution is 5.97. The van der Waals surface area contributed by atoms with Crippen LogP contribution in [0, 0.1) is 13.8 Å². The monoisotopic (exact) mass is 516 g/mol. The lowest BCUT2D eigenvalue weighted by Crippen LogP contribution is -2.47. The SMILES string of the molecule is CCCO[C@@H]([C@H](C)OC(=O)[C@H](CC)NC(=O)c1nccc(OC)c1O)[C@H](CC)Oc1cc(C)cc(C)c1. The summed E-state index contributed by atoms with van der Waals surface area (Å²) in [7, 11) is 1.37. The van der Waals surface area contributed by atoms with Gasteiger partial charge in [-0.15, -0.1) is 0 Å². The van der Waals surface area contributed by atoms with E-state index in [1.807, 2.05) is 39.8 Å². The number of aryl methyl sites for hydroxylation is 2. The number of esters is 1. The van der Waals surface area contributed by atoms with Crippen molar-refractivity contribution in [3.8, 4) is 17.2 Å². The Hall–Kier alpha value is -3.33. The van der Waals surface area contributed by atoms with Crippen molar-refractivity contribution in [2.45, 2.75) is 85.2 Å². The predicted octanol–water partition coefficient (Wildman–Crippen LogP) is 4.51.